The monoisotopic (exact) mass is 358 g/mol. The molecule has 0 bridgehead atoms. The average Bonchev–Trinajstić information content (AvgIpc) is 2.77. The van der Waals surface area contributed by atoms with E-state index in [0.29, 0.717) is 0 Å². The quantitative estimate of drug-likeness (QED) is 0.840. The van der Waals surface area contributed by atoms with Crippen LogP contribution in [0.5, 0.6) is 0 Å². The molecule has 1 saturated heterocycles. The highest BCUT2D eigenvalue weighted by Gasteiger charge is 2.21. The number of rotatable bonds is 2. The molecule has 0 saturated carbocycles. The minimum Gasteiger partial charge on any atom is -0.392 e. The van der Waals surface area contributed by atoms with E-state index in [9.17, 15) is 5.11 Å². The first-order valence-electron chi connectivity index (χ1n) is 6.19. The maximum Gasteiger partial charge on any atom is 0.150 e. The van der Waals surface area contributed by atoms with Crippen LogP contribution in [-0.2, 0) is 11.3 Å². The van der Waals surface area contributed by atoms with Crippen molar-refractivity contribution in [1.29, 1.82) is 0 Å². The lowest BCUT2D eigenvalue weighted by atomic mass is 10.1. The number of aromatic nitrogens is 2. The van der Waals surface area contributed by atoms with Gasteiger partial charge in [-0.05, 0) is 53.5 Å². The lowest BCUT2D eigenvalue weighted by molar-refractivity contribution is -0.0368. The van der Waals surface area contributed by atoms with E-state index in [1.807, 2.05) is 22.9 Å². The van der Waals surface area contributed by atoms with Crippen LogP contribution < -0.4 is 0 Å². The molecule has 4 nitrogen and oxygen atoms in total. The third kappa shape index (κ3) is 2.04. The van der Waals surface area contributed by atoms with Gasteiger partial charge in [0.25, 0.3) is 0 Å². The van der Waals surface area contributed by atoms with Crippen LogP contribution in [0.4, 0.5) is 0 Å². The Morgan fingerprint density at radius 1 is 1.44 bits per heavy atom. The molecule has 1 aromatic heterocycles. The molecule has 1 fully saturated rings. The Morgan fingerprint density at radius 2 is 2.33 bits per heavy atom. The van der Waals surface area contributed by atoms with Crippen molar-refractivity contribution in [1.82, 2.24) is 9.78 Å². The van der Waals surface area contributed by atoms with Gasteiger partial charge in [-0.3, -0.25) is 0 Å². The van der Waals surface area contributed by atoms with E-state index >= 15 is 0 Å². The van der Waals surface area contributed by atoms with E-state index < -0.39 is 0 Å². The van der Waals surface area contributed by atoms with Gasteiger partial charge in [0.15, 0.2) is 6.23 Å². The van der Waals surface area contributed by atoms with E-state index in [1.165, 1.54) is 6.42 Å². The Morgan fingerprint density at radius 3 is 3.06 bits per heavy atom. The average molecular weight is 358 g/mol. The minimum atomic E-state index is 0.0405. The van der Waals surface area contributed by atoms with Crippen molar-refractivity contribution in [3.05, 3.63) is 27.5 Å². The van der Waals surface area contributed by atoms with E-state index in [2.05, 4.69) is 27.7 Å². The maximum absolute atomic E-state index is 9.41. The van der Waals surface area contributed by atoms with Crippen molar-refractivity contribution in [3.63, 3.8) is 0 Å². The normalized spacial score (nSPS) is 20.4. The second kappa shape index (κ2) is 5.14. The van der Waals surface area contributed by atoms with Crippen molar-refractivity contribution in [3.8, 4) is 0 Å². The lowest BCUT2D eigenvalue weighted by Gasteiger charge is -2.23. The number of hydrogen-bond acceptors (Lipinski definition) is 3. The van der Waals surface area contributed by atoms with Crippen molar-refractivity contribution in [2.75, 3.05) is 6.61 Å². The maximum atomic E-state index is 9.41. The van der Waals surface area contributed by atoms with E-state index in [-0.39, 0.29) is 12.8 Å². The third-order valence-corrected chi connectivity index (χ3v) is 4.13. The molecule has 18 heavy (non-hydrogen) atoms. The fourth-order valence-electron chi connectivity index (χ4n) is 2.48. The molecule has 2 heterocycles. The molecule has 1 aliphatic rings. The Hall–Kier alpha value is -0.660. The molecule has 0 spiro atoms. The van der Waals surface area contributed by atoms with Gasteiger partial charge in [0, 0.05) is 12.0 Å². The Balaban J connectivity index is 2.12. The molecule has 96 valence electrons. The molecule has 5 heteroatoms. The summed E-state index contributed by atoms with van der Waals surface area (Å²) in [6, 6.07) is 5.95. The molecule has 1 aromatic carbocycles. The highest BCUT2D eigenvalue weighted by Crippen LogP contribution is 2.30. The summed E-state index contributed by atoms with van der Waals surface area (Å²) in [7, 11) is 0. The molecule has 1 atom stereocenters. The Labute approximate surface area is 119 Å². The molecule has 0 aliphatic carbocycles. The van der Waals surface area contributed by atoms with Gasteiger partial charge in [-0.15, -0.1) is 0 Å². The zero-order chi connectivity index (χ0) is 12.5. The largest absolute Gasteiger partial charge is 0.392 e. The number of ether oxygens (including phenoxy) is 1. The van der Waals surface area contributed by atoms with Crippen LogP contribution in [0.1, 0.15) is 31.1 Å². The van der Waals surface area contributed by atoms with E-state index in [4.69, 9.17) is 4.74 Å². The standard InChI is InChI=1S/C13H15IN2O2/c14-13-12-9(8-17)4-3-5-10(12)16(15-13)11-6-1-2-7-18-11/h3-5,11,17H,1-2,6-8H2. The molecule has 0 amide bonds. The fourth-order valence-corrected chi connectivity index (χ4v) is 3.34. The van der Waals surface area contributed by atoms with Crippen molar-refractivity contribution < 1.29 is 9.84 Å². The molecule has 2 aromatic rings. The van der Waals surface area contributed by atoms with Gasteiger partial charge in [-0.2, -0.15) is 5.10 Å². The topological polar surface area (TPSA) is 47.3 Å². The highest BCUT2D eigenvalue weighted by atomic mass is 127. The summed E-state index contributed by atoms with van der Waals surface area (Å²) in [6.45, 7) is 0.854. The summed E-state index contributed by atoms with van der Waals surface area (Å²) in [6.07, 6.45) is 3.37. The number of halogens is 1. The molecule has 1 N–H and O–H groups in total. The van der Waals surface area contributed by atoms with Crippen LogP contribution in [0.2, 0.25) is 0 Å². The smallest absolute Gasteiger partial charge is 0.150 e. The molecular formula is C13H15IN2O2. The van der Waals surface area contributed by atoms with Gasteiger partial charge in [-0.1, -0.05) is 12.1 Å². The number of nitrogens with zero attached hydrogens (tertiary/aromatic N) is 2. The summed E-state index contributed by atoms with van der Waals surface area (Å²) < 4.78 is 8.69. The predicted molar refractivity (Wildman–Crippen MR) is 77.2 cm³/mol. The van der Waals surface area contributed by atoms with Crippen molar-refractivity contribution in [2.45, 2.75) is 32.1 Å². The van der Waals surface area contributed by atoms with Crippen LogP contribution in [0, 0.1) is 3.70 Å². The Kier molecular flexibility index (Phi) is 3.54. The summed E-state index contributed by atoms with van der Waals surface area (Å²) in [4.78, 5) is 0. The number of fused-ring (bicyclic) bond motifs is 1. The number of benzene rings is 1. The van der Waals surface area contributed by atoms with Crippen LogP contribution in [0.25, 0.3) is 10.9 Å². The van der Waals surface area contributed by atoms with E-state index in [0.717, 1.165) is 39.6 Å². The summed E-state index contributed by atoms with van der Waals surface area (Å²) >= 11 is 2.23. The van der Waals surface area contributed by atoms with Crippen LogP contribution in [0.3, 0.4) is 0 Å². The fraction of sp³-hybridized carbons (Fsp3) is 0.462. The number of aliphatic hydroxyl groups excluding tert-OH is 1. The van der Waals surface area contributed by atoms with Gasteiger partial charge in [-0.25, -0.2) is 4.68 Å². The number of hydrogen-bond donors (Lipinski definition) is 1. The predicted octanol–water partition coefficient (Wildman–Crippen LogP) is 2.83. The van der Waals surface area contributed by atoms with Crippen molar-refractivity contribution >= 4 is 33.5 Å². The molecule has 0 radical (unpaired) electrons. The summed E-state index contributed by atoms with van der Waals surface area (Å²) in [5.74, 6) is 0. The molecule has 1 unspecified atom stereocenters. The van der Waals surface area contributed by atoms with Gasteiger partial charge in [0.1, 0.15) is 3.70 Å². The minimum absolute atomic E-state index is 0.0405. The zero-order valence-electron chi connectivity index (χ0n) is 9.97. The van der Waals surface area contributed by atoms with Crippen LogP contribution in [-0.4, -0.2) is 21.5 Å². The molecular weight excluding hydrogens is 343 g/mol. The molecule has 1 aliphatic heterocycles. The first kappa shape index (κ1) is 12.4. The van der Waals surface area contributed by atoms with Gasteiger partial charge in [0.2, 0.25) is 0 Å². The first-order valence-corrected chi connectivity index (χ1v) is 7.27. The number of aliphatic hydroxyl groups is 1. The lowest BCUT2D eigenvalue weighted by Crippen LogP contribution is -2.19. The second-order valence-electron chi connectivity index (χ2n) is 4.53. The highest BCUT2D eigenvalue weighted by molar-refractivity contribution is 14.1. The SMILES string of the molecule is OCc1cccc2c1c(I)nn2C1CCCCO1. The van der Waals surface area contributed by atoms with Gasteiger partial charge in [0.05, 0.1) is 12.1 Å². The zero-order valence-corrected chi connectivity index (χ0v) is 12.1. The second-order valence-corrected chi connectivity index (χ2v) is 5.55. The van der Waals surface area contributed by atoms with Crippen molar-refractivity contribution in [2.24, 2.45) is 0 Å². The Bertz CT molecular complexity index is 561. The molecule has 3 rings (SSSR count). The summed E-state index contributed by atoms with van der Waals surface area (Å²) in [5.41, 5.74) is 1.98. The van der Waals surface area contributed by atoms with Gasteiger partial charge >= 0.3 is 0 Å². The van der Waals surface area contributed by atoms with Crippen LogP contribution in [0.15, 0.2) is 18.2 Å². The first-order chi connectivity index (χ1) is 8.81. The van der Waals surface area contributed by atoms with Gasteiger partial charge < -0.3 is 9.84 Å². The summed E-state index contributed by atoms with van der Waals surface area (Å²) in [5, 5.41) is 15.0. The van der Waals surface area contributed by atoms with E-state index in [1.54, 1.807) is 0 Å². The third-order valence-electron chi connectivity index (χ3n) is 3.38. The van der Waals surface area contributed by atoms with Crippen LogP contribution >= 0.6 is 22.6 Å².